The van der Waals surface area contributed by atoms with E-state index in [-0.39, 0.29) is 5.56 Å². The molecule has 1 aliphatic heterocycles. The van der Waals surface area contributed by atoms with Crippen molar-refractivity contribution in [1.29, 1.82) is 5.26 Å². The molecule has 142 valence electrons. The molecule has 0 radical (unpaired) electrons. The van der Waals surface area contributed by atoms with Gasteiger partial charge in [-0.25, -0.2) is 9.07 Å². The van der Waals surface area contributed by atoms with Crippen molar-refractivity contribution in [2.45, 2.75) is 13.8 Å². The quantitative estimate of drug-likeness (QED) is 0.699. The van der Waals surface area contributed by atoms with Gasteiger partial charge in [-0.05, 0) is 50.2 Å². The van der Waals surface area contributed by atoms with E-state index in [1.165, 1.54) is 12.1 Å². The van der Waals surface area contributed by atoms with E-state index in [2.05, 4.69) is 25.1 Å². The molecule has 1 fully saturated rings. The molecule has 0 aliphatic carbocycles. The lowest BCUT2D eigenvalue weighted by Gasteiger charge is -2.36. The fraction of sp³-hybridized carbons (Fsp3) is 0.300. The van der Waals surface area contributed by atoms with Gasteiger partial charge >= 0.3 is 0 Å². The van der Waals surface area contributed by atoms with E-state index in [4.69, 9.17) is 5.26 Å². The Bertz CT molecular complexity index is 1030. The van der Waals surface area contributed by atoms with E-state index in [0.717, 1.165) is 49.1 Å². The van der Waals surface area contributed by atoms with Crippen molar-refractivity contribution in [1.82, 2.24) is 20.0 Å². The van der Waals surface area contributed by atoms with Crippen LogP contribution in [0, 0.1) is 31.0 Å². The lowest BCUT2D eigenvalue weighted by molar-refractivity contribution is 0.615. The molecule has 0 atom stereocenters. The van der Waals surface area contributed by atoms with E-state index < -0.39 is 5.82 Å². The number of aromatic nitrogens is 4. The Labute approximate surface area is 162 Å². The summed E-state index contributed by atoms with van der Waals surface area (Å²) < 4.78 is 15.7. The second-order valence-electron chi connectivity index (χ2n) is 6.84. The minimum absolute atomic E-state index is 0.0698. The van der Waals surface area contributed by atoms with E-state index in [1.54, 1.807) is 10.7 Å². The van der Waals surface area contributed by atoms with Crippen molar-refractivity contribution in [3.63, 3.8) is 0 Å². The van der Waals surface area contributed by atoms with Crippen LogP contribution in [0.3, 0.4) is 0 Å². The molecule has 0 unspecified atom stereocenters. The second-order valence-corrected chi connectivity index (χ2v) is 6.84. The molecule has 0 N–H and O–H groups in total. The molecule has 3 aromatic rings. The lowest BCUT2D eigenvalue weighted by Crippen LogP contribution is -2.47. The van der Waals surface area contributed by atoms with Crippen LogP contribution in [0.5, 0.6) is 0 Å². The maximum Gasteiger partial charge on any atom is 0.176 e. The number of nitriles is 1. The number of hydrogen-bond donors (Lipinski definition) is 0. The summed E-state index contributed by atoms with van der Waals surface area (Å²) in [5, 5.41) is 22.0. The number of piperazine rings is 1. The van der Waals surface area contributed by atoms with Gasteiger partial charge in [0.2, 0.25) is 0 Å². The number of nitrogens with zero attached hydrogens (tertiary/aromatic N) is 7. The highest BCUT2D eigenvalue weighted by Gasteiger charge is 2.20. The van der Waals surface area contributed by atoms with Crippen molar-refractivity contribution < 1.29 is 4.39 Å². The van der Waals surface area contributed by atoms with Crippen LogP contribution < -0.4 is 9.80 Å². The van der Waals surface area contributed by atoms with Gasteiger partial charge in [-0.1, -0.05) is 0 Å². The molecule has 1 aliphatic rings. The van der Waals surface area contributed by atoms with Crippen molar-refractivity contribution in [2.75, 3.05) is 36.0 Å². The van der Waals surface area contributed by atoms with E-state index in [9.17, 15) is 4.39 Å². The molecule has 0 amide bonds. The van der Waals surface area contributed by atoms with Crippen LogP contribution in [0.2, 0.25) is 0 Å². The van der Waals surface area contributed by atoms with Crippen LogP contribution in [-0.2, 0) is 0 Å². The zero-order valence-corrected chi connectivity index (χ0v) is 15.8. The minimum atomic E-state index is -0.479. The fourth-order valence-electron chi connectivity index (χ4n) is 3.45. The summed E-state index contributed by atoms with van der Waals surface area (Å²) in [6.45, 7) is 6.94. The van der Waals surface area contributed by atoms with Crippen LogP contribution >= 0.6 is 0 Å². The average Bonchev–Trinajstić information content (AvgIpc) is 3.06. The monoisotopic (exact) mass is 377 g/mol. The van der Waals surface area contributed by atoms with Gasteiger partial charge in [0, 0.05) is 37.6 Å². The van der Waals surface area contributed by atoms with Crippen molar-refractivity contribution >= 4 is 11.5 Å². The Kier molecular flexibility index (Phi) is 4.65. The lowest BCUT2D eigenvalue weighted by atomic mass is 10.2. The summed E-state index contributed by atoms with van der Waals surface area (Å²) in [7, 11) is 0. The minimum Gasteiger partial charge on any atom is -0.368 e. The summed E-state index contributed by atoms with van der Waals surface area (Å²) >= 11 is 0. The van der Waals surface area contributed by atoms with Gasteiger partial charge in [0.05, 0.1) is 11.3 Å². The first kappa shape index (κ1) is 17.9. The van der Waals surface area contributed by atoms with Gasteiger partial charge in [-0.2, -0.15) is 10.4 Å². The van der Waals surface area contributed by atoms with Crippen LogP contribution in [0.1, 0.15) is 17.0 Å². The molecule has 3 heterocycles. The molecule has 0 saturated carbocycles. The van der Waals surface area contributed by atoms with Gasteiger partial charge in [0.1, 0.15) is 11.9 Å². The number of rotatable bonds is 3. The van der Waals surface area contributed by atoms with E-state index in [0.29, 0.717) is 5.82 Å². The van der Waals surface area contributed by atoms with Gasteiger partial charge in [-0.15, -0.1) is 10.2 Å². The third kappa shape index (κ3) is 3.39. The second kappa shape index (κ2) is 7.27. The van der Waals surface area contributed by atoms with Gasteiger partial charge in [0.15, 0.2) is 11.6 Å². The highest BCUT2D eigenvalue weighted by molar-refractivity contribution is 5.52. The first-order chi connectivity index (χ1) is 13.5. The smallest absolute Gasteiger partial charge is 0.176 e. The number of benzene rings is 1. The molecule has 8 heteroatoms. The van der Waals surface area contributed by atoms with Crippen molar-refractivity contribution in [3.8, 4) is 11.9 Å². The molecule has 0 spiro atoms. The standard InChI is InChI=1S/C20H20FN7/c1-14-11-15(2)28(25-14)20-6-5-19(23-24-20)27-9-7-26(8-10-27)17-4-3-16(13-22)18(21)12-17/h3-6,11-12H,7-10H2,1-2H3. The summed E-state index contributed by atoms with van der Waals surface area (Å²) in [4.78, 5) is 4.27. The zero-order valence-electron chi connectivity index (χ0n) is 15.8. The first-order valence-electron chi connectivity index (χ1n) is 9.12. The summed E-state index contributed by atoms with van der Waals surface area (Å²) in [5.41, 5.74) is 2.82. The first-order valence-corrected chi connectivity index (χ1v) is 9.12. The Morgan fingerprint density at radius 2 is 1.61 bits per heavy atom. The number of aryl methyl sites for hydroxylation is 2. The molecule has 2 aromatic heterocycles. The topological polar surface area (TPSA) is 73.9 Å². The highest BCUT2D eigenvalue weighted by Crippen LogP contribution is 2.22. The maximum atomic E-state index is 13.9. The van der Waals surface area contributed by atoms with E-state index >= 15 is 0 Å². The van der Waals surface area contributed by atoms with Gasteiger partial charge in [0.25, 0.3) is 0 Å². The van der Waals surface area contributed by atoms with E-state index in [1.807, 2.05) is 38.1 Å². The molecule has 1 saturated heterocycles. The summed E-state index contributed by atoms with van der Waals surface area (Å²) in [5.74, 6) is 1.03. The Morgan fingerprint density at radius 3 is 2.18 bits per heavy atom. The highest BCUT2D eigenvalue weighted by atomic mass is 19.1. The van der Waals surface area contributed by atoms with Crippen molar-refractivity contribution in [2.24, 2.45) is 0 Å². The molecular formula is C20H20FN7. The third-order valence-electron chi connectivity index (χ3n) is 4.90. The average molecular weight is 377 g/mol. The molecular weight excluding hydrogens is 357 g/mol. The van der Waals surface area contributed by atoms with Crippen LogP contribution in [0.25, 0.3) is 5.82 Å². The molecule has 28 heavy (non-hydrogen) atoms. The molecule has 0 bridgehead atoms. The third-order valence-corrected chi connectivity index (χ3v) is 4.90. The Morgan fingerprint density at radius 1 is 0.929 bits per heavy atom. The maximum absolute atomic E-state index is 13.9. The van der Waals surface area contributed by atoms with Crippen LogP contribution in [0.15, 0.2) is 36.4 Å². The zero-order chi connectivity index (χ0) is 19.7. The molecule has 1 aromatic carbocycles. The normalized spacial score (nSPS) is 14.2. The SMILES string of the molecule is Cc1cc(C)n(-c2ccc(N3CCN(c4ccc(C#N)c(F)c4)CC3)nn2)n1. The van der Waals surface area contributed by atoms with Gasteiger partial charge < -0.3 is 9.80 Å². The van der Waals surface area contributed by atoms with Crippen molar-refractivity contribution in [3.05, 3.63) is 59.2 Å². The fourth-order valence-corrected chi connectivity index (χ4v) is 3.45. The Balaban J connectivity index is 1.43. The van der Waals surface area contributed by atoms with Crippen LogP contribution in [-0.4, -0.2) is 46.2 Å². The molecule has 7 nitrogen and oxygen atoms in total. The molecule has 4 rings (SSSR count). The number of hydrogen-bond acceptors (Lipinski definition) is 6. The summed E-state index contributed by atoms with van der Waals surface area (Å²) in [6.07, 6.45) is 0. The predicted octanol–water partition coefficient (Wildman–Crippen LogP) is 2.62. The van der Waals surface area contributed by atoms with Gasteiger partial charge in [-0.3, -0.25) is 0 Å². The number of anilines is 2. The largest absolute Gasteiger partial charge is 0.368 e. The predicted molar refractivity (Wildman–Crippen MR) is 104 cm³/mol. The Hall–Kier alpha value is -3.47. The summed E-state index contributed by atoms with van der Waals surface area (Å²) in [6, 6.07) is 12.5. The van der Waals surface area contributed by atoms with Crippen LogP contribution in [0.4, 0.5) is 15.9 Å². The number of halogens is 1.